The third-order valence-electron chi connectivity index (χ3n) is 4.93. The number of aliphatic hydroxyl groups is 1. The lowest BCUT2D eigenvalue weighted by molar-refractivity contribution is 0.0635. The van der Waals surface area contributed by atoms with Crippen molar-refractivity contribution in [3.8, 4) is 0 Å². The fourth-order valence-corrected chi connectivity index (χ4v) is 3.77. The van der Waals surface area contributed by atoms with Gasteiger partial charge < -0.3 is 15.3 Å². The Kier molecular flexibility index (Phi) is 3.94. The standard InChI is InChI=1S/C19H21N3O2/c23-12-11-22-18(21-16-8-4-3-7-15(16)19(22)24)17-14-6-2-1-5-13(14)9-10-20-17/h3-4,7-10,18,21,23H,1-2,5-6,11-12H2. The van der Waals surface area contributed by atoms with Crippen LogP contribution in [-0.2, 0) is 12.8 Å². The number of nitrogens with one attached hydrogen (secondary N) is 1. The molecule has 2 aromatic rings. The molecule has 0 bridgehead atoms. The fraction of sp³-hybridized carbons (Fsp3) is 0.368. The number of pyridine rings is 1. The highest BCUT2D eigenvalue weighted by molar-refractivity contribution is 6.01. The molecule has 0 radical (unpaired) electrons. The van der Waals surface area contributed by atoms with Crippen LogP contribution in [0.15, 0.2) is 36.5 Å². The van der Waals surface area contributed by atoms with Gasteiger partial charge in [0.05, 0.1) is 17.9 Å². The molecule has 5 nitrogen and oxygen atoms in total. The number of carbonyl (C=O) groups excluding carboxylic acids is 1. The van der Waals surface area contributed by atoms with Crippen molar-refractivity contribution in [1.82, 2.24) is 9.88 Å². The van der Waals surface area contributed by atoms with Crippen LogP contribution in [0.3, 0.4) is 0 Å². The molecule has 2 heterocycles. The minimum absolute atomic E-state index is 0.0568. The summed E-state index contributed by atoms with van der Waals surface area (Å²) in [6, 6.07) is 9.61. The molecule has 4 rings (SSSR count). The number of β-amino-alcohol motifs (C(OH)–C–C–N with tert-alkyl or cyclic N) is 1. The Labute approximate surface area is 141 Å². The van der Waals surface area contributed by atoms with Crippen molar-refractivity contribution < 1.29 is 9.90 Å². The molecule has 1 amide bonds. The number of amides is 1. The van der Waals surface area contributed by atoms with Crippen LogP contribution in [0, 0.1) is 0 Å². The highest BCUT2D eigenvalue weighted by Crippen LogP contribution is 2.35. The van der Waals surface area contributed by atoms with Crippen molar-refractivity contribution in [1.29, 1.82) is 0 Å². The molecule has 0 spiro atoms. The van der Waals surface area contributed by atoms with E-state index >= 15 is 0 Å². The molecule has 1 aromatic carbocycles. The third-order valence-corrected chi connectivity index (χ3v) is 4.93. The summed E-state index contributed by atoms with van der Waals surface area (Å²) >= 11 is 0. The maximum Gasteiger partial charge on any atom is 0.257 e. The number of aromatic nitrogens is 1. The number of benzene rings is 1. The van der Waals surface area contributed by atoms with E-state index in [-0.39, 0.29) is 25.2 Å². The molecule has 1 aliphatic heterocycles. The second kappa shape index (κ2) is 6.24. The molecule has 2 aliphatic rings. The Bertz CT molecular complexity index is 775. The first kappa shape index (κ1) is 15.1. The van der Waals surface area contributed by atoms with E-state index in [4.69, 9.17) is 0 Å². The molecular weight excluding hydrogens is 302 g/mol. The van der Waals surface area contributed by atoms with Crippen LogP contribution in [0.4, 0.5) is 5.69 Å². The zero-order valence-corrected chi connectivity index (χ0v) is 13.5. The molecule has 2 N–H and O–H groups in total. The Balaban J connectivity index is 1.80. The van der Waals surface area contributed by atoms with Gasteiger partial charge in [-0.25, -0.2) is 0 Å². The molecule has 1 unspecified atom stereocenters. The van der Waals surface area contributed by atoms with Gasteiger partial charge in [-0.05, 0) is 55.0 Å². The number of nitrogens with zero attached hydrogens (tertiary/aromatic N) is 2. The lowest BCUT2D eigenvalue weighted by Crippen LogP contribution is -2.45. The van der Waals surface area contributed by atoms with Crippen molar-refractivity contribution in [2.45, 2.75) is 31.8 Å². The van der Waals surface area contributed by atoms with Crippen molar-refractivity contribution in [2.24, 2.45) is 0 Å². The van der Waals surface area contributed by atoms with Crippen molar-refractivity contribution in [3.05, 3.63) is 58.9 Å². The summed E-state index contributed by atoms with van der Waals surface area (Å²) in [7, 11) is 0. The van der Waals surface area contributed by atoms with Gasteiger partial charge in [0.15, 0.2) is 0 Å². The molecule has 124 valence electrons. The van der Waals surface area contributed by atoms with Crippen molar-refractivity contribution in [3.63, 3.8) is 0 Å². The van der Waals surface area contributed by atoms with Crippen molar-refractivity contribution >= 4 is 11.6 Å². The average Bonchev–Trinajstić information content (AvgIpc) is 2.63. The Morgan fingerprint density at radius 3 is 2.92 bits per heavy atom. The molecule has 1 atom stereocenters. The highest BCUT2D eigenvalue weighted by Gasteiger charge is 2.35. The number of para-hydroxylation sites is 1. The van der Waals surface area contributed by atoms with Gasteiger partial charge in [0.1, 0.15) is 6.17 Å². The van der Waals surface area contributed by atoms with Crippen LogP contribution in [0.25, 0.3) is 0 Å². The summed E-state index contributed by atoms with van der Waals surface area (Å²) in [5.41, 5.74) is 4.99. The van der Waals surface area contributed by atoms with Crippen LogP contribution >= 0.6 is 0 Å². The molecule has 0 saturated heterocycles. The Hall–Kier alpha value is -2.40. The smallest absolute Gasteiger partial charge is 0.257 e. The number of rotatable bonds is 3. The minimum atomic E-state index is -0.326. The van der Waals surface area contributed by atoms with Gasteiger partial charge in [0.25, 0.3) is 5.91 Å². The third kappa shape index (κ3) is 2.45. The number of carbonyl (C=O) groups is 1. The van der Waals surface area contributed by atoms with E-state index in [2.05, 4.69) is 16.4 Å². The van der Waals surface area contributed by atoms with E-state index in [1.54, 1.807) is 4.90 Å². The molecule has 1 aliphatic carbocycles. The highest BCUT2D eigenvalue weighted by atomic mass is 16.3. The first-order valence-corrected chi connectivity index (χ1v) is 8.53. The summed E-state index contributed by atoms with van der Waals surface area (Å²) in [5, 5.41) is 12.9. The van der Waals surface area contributed by atoms with Crippen LogP contribution in [0.5, 0.6) is 0 Å². The second-order valence-electron chi connectivity index (χ2n) is 6.36. The predicted octanol–water partition coefficient (Wildman–Crippen LogP) is 2.52. The Morgan fingerprint density at radius 2 is 2.04 bits per heavy atom. The van der Waals surface area contributed by atoms with E-state index in [1.165, 1.54) is 17.5 Å². The topological polar surface area (TPSA) is 65.5 Å². The van der Waals surface area contributed by atoms with Gasteiger partial charge in [-0.15, -0.1) is 0 Å². The van der Waals surface area contributed by atoms with Crippen molar-refractivity contribution in [2.75, 3.05) is 18.5 Å². The van der Waals surface area contributed by atoms with Gasteiger partial charge in [0, 0.05) is 18.4 Å². The van der Waals surface area contributed by atoms with E-state index in [9.17, 15) is 9.90 Å². The molecule has 0 fully saturated rings. The number of hydrogen-bond donors (Lipinski definition) is 2. The maximum absolute atomic E-state index is 12.9. The minimum Gasteiger partial charge on any atom is -0.395 e. The number of aliphatic hydroxyl groups excluding tert-OH is 1. The van der Waals surface area contributed by atoms with Crippen LogP contribution in [-0.4, -0.2) is 34.0 Å². The number of fused-ring (bicyclic) bond motifs is 2. The van der Waals surface area contributed by atoms with E-state index in [0.717, 1.165) is 30.6 Å². The number of aryl methyl sites for hydroxylation is 1. The molecule has 5 heteroatoms. The summed E-state index contributed by atoms with van der Waals surface area (Å²) < 4.78 is 0. The first-order chi connectivity index (χ1) is 11.8. The summed E-state index contributed by atoms with van der Waals surface area (Å²) in [6.07, 6.45) is 5.94. The molecule has 1 aromatic heterocycles. The lowest BCUT2D eigenvalue weighted by Gasteiger charge is -2.38. The fourth-order valence-electron chi connectivity index (χ4n) is 3.77. The monoisotopic (exact) mass is 323 g/mol. The zero-order valence-electron chi connectivity index (χ0n) is 13.5. The summed E-state index contributed by atoms with van der Waals surface area (Å²) in [5.74, 6) is -0.0568. The predicted molar refractivity (Wildman–Crippen MR) is 91.8 cm³/mol. The Morgan fingerprint density at radius 1 is 1.21 bits per heavy atom. The van der Waals surface area contributed by atoms with Gasteiger partial charge in [-0.1, -0.05) is 12.1 Å². The SMILES string of the molecule is O=C1c2ccccc2NC(c2nccc3c2CCCC3)N1CCO. The van der Waals surface area contributed by atoms with Crippen LogP contribution < -0.4 is 5.32 Å². The van der Waals surface area contributed by atoms with E-state index in [1.807, 2.05) is 30.5 Å². The quantitative estimate of drug-likeness (QED) is 0.911. The van der Waals surface area contributed by atoms with Gasteiger partial charge >= 0.3 is 0 Å². The van der Waals surface area contributed by atoms with Crippen LogP contribution in [0.1, 0.15) is 46.2 Å². The second-order valence-corrected chi connectivity index (χ2v) is 6.36. The summed E-state index contributed by atoms with van der Waals surface area (Å²) in [4.78, 5) is 19.2. The number of anilines is 1. The molecular formula is C19H21N3O2. The van der Waals surface area contributed by atoms with Gasteiger partial charge in [-0.3, -0.25) is 9.78 Å². The molecule has 24 heavy (non-hydrogen) atoms. The van der Waals surface area contributed by atoms with E-state index in [0.29, 0.717) is 5.56 Å². The van der Waals surface area contributed by atoms with Gasteiger partial charge in [0.2, 0.25) is 0 Å². The van der Waals surface area contributed by atoms with Crippen LogP contribution in [0.2, 0.25) is 0 Å². The van der Waals surface area contributed by atoms with E-state index < -0.39 is 0 Å². The largest absolute Gasteiger partial charge is 0.395 e. The summed E-state index contributed by atoms with van der Waals surface area (Å²) in [6.45, 7) is 0.220. The average molecular weight is 323 g/mol. The lowest BCUT2D eigenvalue weighted by atomic mass is 9.89. The maximum atomic E-state index is 12.9. The zero-order chi connectivity index (χ0) is 16.5. The molecule has 0 saturated carbocycles. The number of hydrogen-bond acceptors (Lipinski definition) is 4. The van der Waals surface area contributed by atoms with Gasteiger partial charge in [-0.2, -0.15) is 0 Å². The first-order valence-electron chi connectivity index (χ1n) is 8.53. The normalized spacial score (nSPS) is 19.5.